The zero-order valence-corrected chi connectivity index (χ0v) is 44.0. The Kier molecular flexibility index (Phi) is 24.2. The van der Waals surface area contributed by atoms with Gasteiger partial charge >= 0.3 is 24.3 Å². The molecule has 0 saturated heterocycles. The first-order valence-corrected chi connectivity index (χ1v) is 23.0. The van der Waals surface area contributed by atoms with Crippen molar-refractivity contribution in [3.05, 3.63) is 110 Å². The number of carboxylic acids is 1. The largest absolute Gasteiger partial charge is 0.573 e. The van der Waals surface area contributed by atoms with Crippen LogP contribution in [0.5, 0.6) is 23.0 Å². The van der Waals surface area contributed by atoms with Crippen molar-refractivity contribution in [1.82, 2.24) is 25.6 Å². The van der Waals surface area contributed by atoms with E-state index in [9.17, 15) is 47.7 Å². The summed E-state index contributed by atoms with van der Waals surface area (Å²) >= 11 is 18.8. The lowest BCUT2D eigenvalue weighted by atomic mass is 10.2. The Hall–Kier alpha value is -5.82. The highest BCUT2D eigenvalue weighted by molar-refractivity contribution is 9.12. The van der Waals surface area contributed by atoms with E-state index in [0.717, 1.165) is 12.1 Å². The molecule has 0 aliphatic heterocycles. The molecule has 30 heteroatoms. The Morgan fingerprint density at radius 3 is 1.60 bits per heavy atom. The summed E-state index contributed by atoms with van der Waals surface area (Å²) in [6.45, 7) is 3.69. The fourth-order valence-electron chi connectivity index (χ4n) is 4.48. The van der Waals surface area contributed by atoms with Crippen molar-refractivity contribution in [2.24, 2.45) is 10.9 Å². The molecule has 0 atom stereocenters. The molecule has 6 rings (SSSR count). The molecular formula is C40H34Br6F3N7O14. The Morgan fingerprint density at radius 2 is 1.17 bits per heavy atom. The van der Waals surface area contributed by atoms with E-state index in [1.165, 1.54) is 36.4 Å². The predicted octanol–water partition coefficient (Wildman–Crippen LogP) is 10.5. The van der Waals surface area contributed by atoms with Gasteiger partial charge in [-0.25, -0.2) is 14.4 Å². The van der Waals surface area contributed by atoms with Crippen LogP contribution < -0.4 is 15.8 Å². The maximum atomic E-state index is 12.3. The fourth-order valence-corrected chi connectivity index (χ4v) is 8.04. The molecule has 0 fully saturated rings. The summed E-state index contributed by atoms with van der Waals surface area (Å²) in [5.41, 5.74) is 6.33. The number of nitrogens with two attached hydrogens (primary N) is 1. The van der Waals surface area contributed by atoms with Crippen LogP contribution in [0.3, 0.4) is 0 Å². The van der Waals surface area contributed by atoms with Crippen LogP contribution in [0.25, 0.3) is 22.9 Å². The smallest absolute Gasteiger partial charge is 0.506 e. The molecule has 4 aromatic carbocycles. The molecule has 0 saturated carbocycles. The highest BCUT2D eigenvalue weighted by Crippen LogP contribution is 2.38. The van der Waals surface area contributed by atoms with Crippen LogP contribution in [-0.4, -0.2) is 95.1 Å². The second-order valence-corrected chi connectivity index (χ2v) is 17.4. The number of aromatic carboxylic acids is 1. The molecule has 0 aliphatic rings. The Bertz CT molecular complexity index is 2760. The van der Waals surface area contributed by atoms with Crippen LogP contribution in [0.15, 0.2) is 102 Å². The van der Waals surface area contributed by atoms with E-state index in [-0.39, 0.29) is 73.4 Å². The number of nitrogens with zero attached hydrogens (tertiary/aromatic N) is 5. The van der Waals surface area contributed by atoms with Crippen molar-refractivity contribution in [1.29, 1.82) is 0 Å². The molecule has 0 spiro atoms. The number of aromatic nitrogens is 4. The number of phenols is 3. The molecule has 0 unspecified atom stereocenters. The second-order valence-electron chi connectivity index (χ2n) is 12.3. The lowest BCUT2D eigenvalue weighted by molar-refractivity contribution is -0.274. The number of nitrogens with one attached hydrogen (secondary N) is 1. The molecule has 6 aromatic rings. The van der Waals surface area contributed by atoms with Crippen LogP contribution in [-0.2, 0) is 20.8 Å². The van der Waals surface area contributed by atoms with E-state index in [0.29, 0.717) is 43.5 Å². The molecule has 0 radical (unpaired) electrons. The summed E-state index contributed by atoms with van der Waals surface area (Å²) < 4.78 is 62.2. The third-order valence-electron chi connectivity index (χ3n) is 7.48. The number of amides is 1. The van der Waals surface area contributed by atoms with Gasteiger partial charge < -0.3 is 59.9 Å². The fraction of sp³-hybridized carbons (Fsp3) is 0.175. The van der Waals surface area contributed by atoms with Gasteiger partial charge in [-0.05, 0) is 169 Å². The Morgan fingerprint density at radius 1 is 0.729 bits per heavy atom. The standard InChI is InChI=1S/C17H10Br2F3N3O4.C11H8Br2N2O4.C7H4Br2O3.C4H8N2O3.CH4/c18-11-5-9(6-12(19)13(11)26)16-24-14(25-29-16)15(27)23-7-8-2-1-3-10(4-8)28-17(20,21)22;1-2-18-11(17)9-14-10(19-15-9)5-3-6(12)8(16)7(13)4-5;8-4-1-3(7(11)12)2-5(9)6(4)10;1-2-9-4(7)3(5)6-8;/h1-6,26H,7H2,(H,23,27);3-4,16H,2H2,1H3;1-2,10H,(H,11,12);8H,2H2,1H3,(H2,5,6);1H4. The van der Waals surface area contributed by atoms with E-state index in [1.54, 1.807) is 26.0 Å². The highest BCUT2D eigenvalue weighted by Gasteiger charge is 2.31. The molecule has 2 aromatic heterocycles. The van der Waals surface area contributed by atoms with Crippen LogP contribution in [0, 0.1) is 0 Å². The van der Waals surface area contributed by atoms with E-state index < -0.39 is 41.8 Å². The Balaban J connectivity index is 0.000000352. The average molecular weight is 1370 g/mol. The summed E-state index contributed by atoms with van der Waals surface area (Å²) in [5, 5.41) is 57.1. The first kappa shape index (κ1) is 60.3. The van der Waals surface area contributed by atoms with Crippen molar-refractivity contribution >= 4 is 125 Å². The number of carbonyl (C=O) groups is 4. The van der Waals surface area contributed by atoms with E-state index in [1.807, 2.05) is 0 Å². The minimum Gasteiger partial charge on any atom is -0.506 e. The molecule has 1 amide bonds. The number of alkyl halides is 3. The number of phenolic OH excluding ortho intramolecular Hbond substituents is 3. The van der Waals surface area contributed by atoms with Crippen molar-refractivity contribution in [3.63, 3.8) is 0 Å². The van der Waals surface area contributed by atoms with E-state index in [2.05, 4.69) is 136 Å². The number of hydrogen-bond acceptors (Lipinski definition) is 18. The zero-order chi connectivity index (χ0) is 51.7. The first-order valence-electron chi connectivity index (χ1n) is 18.3. The molecule has 376 valence electrons. The van der Waals surface area contributed by atoms with Gasteiger partial charge in [-0.3, -0.25) is 4.79 Å². The van der Waals surface area contributed by atoms with Gasteiger partial charge in [-0.15, -0.1) is 13.2 Å². The van der Waals surface area contributed by atoms with Crippen LogP contribution in [0.1, 0.15) is 58.4 Å². The lowest BCUT2D eigenvalue weighted by Crippen LogP contribution is -2.25. The second kappa shape index (κ2) is 28.1. The van der Waals surface area contributed by atoms with Crippen molar-refractivity contribution < 1.29 is 81.2 Å². The first-order chi connectivity index (χ1) is 32.4. The number of carbonyl (C=O) groups excluding carboxylic acids is 3. The summed E-state index contributed by atoms with van der Waals surface area (Å²) in [5.74, 6) is -4.24. The lowest BCUT2D eigenvalue weighted by Gasteiger charge is -2.10. The number of aromatic hydroxyl groups is 3. The molecule has 21 nitrogen and oxygen atoms in total. The van der Waals surface area contributed by atoms with Crippen LogP contribution >= 0.6 is 95.6 Å². The van der Waals surface area contributed by atoms with E-state index in [4.69, 9.17) is 29.8 Å². The number of ether oxygens (including phenoxy) is 3. The van der Waals surface area contributed by atoms with E-state index >= 15 is 0 Å². The number of benzene rings is 4. The van der Waals surface area contributed by atoms with Gasteiger partial charge in [0.05, 0.1) is 45.6 Å². The zero-order valence-electron chi connectivity index (χ0n) is 34.5. The summed E-state index contributed by atoms with van der Waals surface area (Å²) in [7, 11) is 0. The summed E-state index contributed by atoms with van der Waals surface area (Å²) in [6.07, 6.45) is -4.80. The number of carboxylic acid groups (broad SMARTS) is 1. The third kappa shape index (κ3) is 18.5. The number of amidine groups is 1. The molecular weight excluding hydrogens is 1340 g/mol. The number of rotatable bonds is 10. The van der Waals surface area contributed by atoms with Gasteiger partial charge in [-0.2, -0.15) is 9.97 Å². The number of halogens is 9. The maximum Gasteiger partial charge on any atom is 0.573 e. The molecule has 70 heavy (non-hydrogen) atoms. The average Bonchev–Trinajstić information content (AvgIpc) is 4.00. The van der Waals surface area contributed by atoms with Gasteiger partial charge in [0, 0.05) is 17.7 Å². The molecule has 2 heterocycles. The highest BCUT2D eigenvalue weighted by atomic mass is 79.9. The number of oxime groups is 1. The molecule has 0 bridgehead atoms. The molecule has 8 N–H and O–H groups in total. The van der Waals surface area contributed by atoms with Gasteiger partial charge in [0.1, 0.15) is 23.0 Å². The van der Waals surface area contributed by atoms with Gasteiger partial charge in [0.2, 0.25) is 5.84 Å². The summed E-state index contributed by atoms with van der Waals surface area (Å²) in [6, 6.07) is 14.1. The topological polar surface area (TPSA) is 325 Å². The number of hydrogen-bond donors (Lipinski definition) is 7. The van der Waals surface area contributed by atoms with Crippen molar-refractivity contribution in [2.75, 3.05) is 13.2 Å². The number of esters is 2. The maximum absolute atomic E-state index is 12.3. The third-order valence-corrected chi connectivity index (χ3v) is 11.1. The molecule has 0 aliphatic carbocycles. The monoisotopic (exact) mass is 1370 g/mol. The Labute approximate surface area is 443 Å². The van der Waals surface area contributed by atoms with Gasteiger partial charge in [0.25, 0.3) is 29.3 Å². The van der Waals surface area contributed by atoms with Crippen molar-refractivity contribution in [3.8, 4) is 45.9 Å². The van der Waals surface area contributed by atoms with Crippen LogP contribution in [0.2, 0.25) is 0 Å². The normalized spacial score (nSPS) is 10.6. The van der Waals surface area contributed by atoms with Crippen molar-refractivity contribution in [2.45, 2.75) is 34.2 Å². The summed E-state index contributed by atoms with van der Waals surface area (Å²) in [4.78, 5) is 52.4. The quantitative estimate of drug-likeness (QED) is 0.0220. The minimum atomic E-state index is -4.80. The van der Waals surface area contributed by atoms with Gasteiger partial charge in [-0.1, -0.05) is 29.9 Å². The minimum absolute atomic E-state index is 0. The SMILES string of the molecule is C.CCOC(=O)/C(N)=N/O.CCOC(=O)c1noc(-c2cc(Br)c(O)c(Br)c2)n1.O=C(NCc1cccc(OC(F)(F)F)c1)c1noc(-c2cc(Br)c(O)c(Br)c2)n1.O=C(O)c1cc(Br)c(O)c(Br)c1. The van der Waals surface area contributed by atoms with Crippen LogP contribution in [0.4, 0.5) is 13.2 Å². The predicted molar refractivity (Wildman–Crippen MR) is 261 cm³/mol. The van der Waals surface area contributed by atoms with Gasteiger partial charge in [0.15, 0.2) is 0 Å².